The van der Waals surface area contributed by atoms with Crippen LogP contribution in [-0.2, 0) is 9.59 Å². The van der Waals surface area contributed by atoms with E-state index in [0.717, 1.165) is 6.42 Å². The van der Waals surface area contributed by atoms with Crippen LogP contribution in [0.25, 0.3) is 0 Å². The third-order valence-electron chi connectivity index (χ3n) is 2.84. The van der Waals surface area contributed by atoms with Crippen LogP contribution in [-0.4, -0.2) is 35.3 Å². The van der Waals surface area contributed by atoms with Crippen molar-refractivity contribution in [3.05, 3.63) is 0 Å². The van der Waals surface area contributed by atoms with Crippen molar-refractivity contribution in [3.63, 3.8) is 0 Å². The van der Waals surface area contributed by atoms with E-state index in [1.54, 1.807) is 4.90 Å². The number of likely N-dealkylation sites (tertiary alicyclic amines) is 1. The maximum atomic E-state index is 12.0. The van der Waals surface area contributed by atoms with Gasteiger partial charge in [-0.2, -0.15) is 0 Å². The third-order valence-corrected chi connectivity index (χ3v) is 2.84. The predicted octanol–water partition coefficient (Wildman–Crippen LogP) is 1.41. The number of carbonyl (C=O) groups is 2. The van der Waals surface area contributed by atoms with Gasteiger partial charge in [0.15, 0.2) is 0 Å². The smallest absolute Gasteiger partial charge is 0.311 e. The molecule has 0 aromatic carbocycles. The SMILES string of the molecule is CC1CC(C)CN(C(=O)C(=O)NC(C)(C)C)C1. The summed E-state index contributed by atoms with van der Waals surface area (Å²) in [5.41, 5.74) is -0.361. The largest absolute Gasteiger partial charge is 0.343 e. The van der Waals surface area contributed by atoms with Gasteiger partial charge in [0.2, 0.25) is 0 Å². The lowest BCUT2D eigenvalue weighted by Gasteiger charge is -2.35. The van der Waals surface area contributed by atoms with E-state index >= 15 is 0 Å². The fourth-order valence-electron chi connectivity index (χ4n) is 2.37. The molecule has 0 saturated carbocycles. The Bertz CT molecular complexity index is 297. The van der Waals surface area contributed by atoms with Gasteiger partial charge >= 0.3 is 11.8 Å². The van der Waals surface area contributed by atoms with E-state index in [4.69, 9.17) is 0 Å². The van der Waals surface area contributed by atoms with Crippen LogP contribution in [0.3, 0.4) is 0 Å². The minimum Gasteiger partial charge on any atom is -0.343 e. The third kappa shape index (κ3) is 4.36. The van der Waals surface area contributed by atoms with E-state index in [-0.39, 0.29) is 5.54 Å². The number of hydrogen-bond acceptors (Lipinski definition) is 2. The molecule has 4 heteroatoms. The molecule has 0 bridgehead atoms. The minimum atomic E-state index is -0.487. The topological polar surface area (TPSA) is 49.4 Å². The summed E-state index contributed by atoms with van der Waals surface area (Å²) in [6, 6.07) is 0. The van der Waals surface area contributed by atoms with Gasteiger partial charge in [-0.15, -0.1) is 0 Å². The van der Waals surface area contributed by atoms with Gasteiger partial charge in [0, 0.05) is 18.6 Å². The Morgan fingerprint density at radius 2 is 1.59 bits per heavy atom. The number of rotatable bonds is 0. The summed E-state index contributed by atoms with van der Waals surface area (Å²) < 4.78 is 0. The van der Waals surface area contributed by atoms with Gasteiger partial charge in [0.1, 0.15) is 0 Å². The molecule has 17 heavy (non-hydrogen) atoms. The number of hydrogen-bond donors (Lipinski definition) is 1. The molecule has 1 saturated heterocycles. The highest BCUT2D eigenvalue weighted by Crippen LogP contribution is 2.20. The molecule has 1 aliphatic rings. The van der Waals surface area contributed by atoms with E-state index in [0.29, 0.717) is 24.9 Å². The Labute approximate surface area is 104 Å². The summed E-state index contributed by atoms with van der Waals surface area (Å²) in [4.78, 5) is 25.4. The van der Waals surface area contributed by atoms with Crippen molar-refractivity contribution in [2.75, 3.05) is 13.1 Å². The maximum Gasteiger partial charge on any atom is 0.311 e. The second-order valence-electron chi connectivity index (χ2n) is 6.36. The van der Waals surface area contributed by atoms with Crippen molar-refractivity contribution in [1.29, 1.82) is 0 Å². The van der Waals surface area contributed by atoms with Crippen molar-refractivity contribution >= 4 is 11.8 Å². The first kappa shape index (κ1) is 14.0. The van der Waals surface area contributed by atoms with Gasteiger partial charge in [0.25, 0.3) is 0 Å². The fraction of sp³-hybridized carbons (Fsp3) is 0.846. The number of piperidine rings is 1. The fourth-order valence-corrected chi connectivity index (χ4v) is 2.37. The molecule has 0 aliphatic carbocycles. The first-order valence-electron chi connectivity index (χ1n) is 6.30. The lowest BCUT2D eigenvalue weighted by Crippen LogP contribution is -2.52. The monoisotopic (exact) mass is 240 g/mol. The first-order chi connectivity index (χ1) is 7.69. The summed E-state index contributed by atoms with van der Waals surface area (Å²) in [7, 11) is 0. The Kier molecular flexibility index (Phi) is 4.17. The second-order valence-corrected chi connectivity index (χ2v) is 6.36. The van der Waals surface area contributed by atoms with Gasteiger partial charge < -0.3 is 10.2 Å². The van der Waals surface area contributed by atoms with Crippen molar-refractivity contribution < 1.29 is 9.59 Å². The number of amides is 2. The summed E-state index contributed by atoms with van der Waals surface area (Å²) in [5, 5.41) is 2.72. The summed E-state index contributed by atoms with van der Waals surface area (Å²) in [5.74, 6) is 0.0763. The number of carbonyl (C=O) groups excluding carboxylic acids is 2. The molecule has 98 valence electrons. The lowest BCUT2D eigenvalue weighted by molar-refractivity contribution is -0.148. The van der Waals surface area contributed by atoms with E-state index in [1.165, 1.54) is 0 Å². The van der Waals surface area contributed by atoms with Crippen LogP contribution in [0, 0.1) is 11.8 Å². The zero-order valence-corrected chi connectivity index (χ0v) is 11.5. The van der Waals surface area contributed by atoms with Crippen LogP contribution in [0.2, 0.25) is 0 Å². The maximum absolute atomic E-state index is 12.0. The highest BCUT2D eigenvalue weighted by molar-refractivity contribution is 6.35. The quantitative estimate of drug-likeness (QED) is 0.651. The van der Waals surface area contributed by atoms with E-state index in [2.05, 4.69) is 19.2 Å². The lowest BCUT2D eigenvalue weighted by atomic mass is 9.92. The average Bonchev–Trinajstić information content (AvgIpc) is 2.12. The molecule has 1 aliphatic heterocycles. The molecule has 0 radical (unpaired) electrons. The standard InChI is InChI=1S/C13H24N2O2/c1-9-6-10(2)8-15(7-9)12(17)11(16)14-13(3,4)5/h9-10H,6-8H2,1-5H3,(H,14,16). The molecule has 1 N–H and O–H groups in total. The van der Waals surface area contributed by atoms with Gasteiger partial charge in [-0.05, 0) is 39.0 Å². The Balaban J connectivity index is 2.60. The Morgan fingerprint density at radius 1 is 1.12 bits per heavy atom. The van der Waals surface area contributed by atoms with Crippen LogP contribution >= 0.6 is 0 Å². The van der Waals surface area contributed by atoms with Gasteiger partial charge in [-0.25, -0.2) is 0 Å². The van der Waals surface area contributed by atoms with Gasteiger partial charge in [-0.1, -0.05) is 13.8 Å². The summed E-state index contributed by atoms with van der Waals surface area (Å²) in [6.07, 6.45) is 1.13. The van der Waals surface area contributed by atoms with Crippen molar-refractivity contribution in [2.45, 2.75) is 46.6 Å². The average molecular weight is 240 g/mol. The van der Waals surface area contributed by atoms with Gasteiger partial charge in [-0.3, -0.25) is 9.59 Å². The van der Waals surface area contributed by atoms with Crippen molar-refractivity contribution in [3.8, 4) is 0 Å². The molecule has 2 unspecified atom stereocenters. The van der Waals surface area contributed by atoms with Crippen LogP contribution in [0.5, 0.6) is 0 Å². The molecular formula is C13H24N2O2. The molecule has 1 rings (SSSR count). The van der Waals surface area contributed by atoms with E-state index in [1.807, 2.05) is 20.8 Å². The van der Waals surface area contributed by atoms with Crippen molar-refractivity contribution in [1.82, 2.24) is 10.2 Å². The van der Waals surface area contributed by atoms with Crippen LogP contribution in [0.4, 0.5) is 0 Å². The van der Waals surface area contributed by atoms with Crippen LogP contribution < -0.4 is 5.32 Å². The molecular weight excluding hydrogens is 216 g/mol. The van der Waals surface area contributed by atoms with E-state index < -0.39 is 11.8 Å². The second kappa shape index (κ2) is 5.07. The van der Waals surface area contributed by atoms with Crippen LogP contribution in [0.15, 0.2) is 0 Å². The van der Waals surface area contributed by atoms with Gasteiger partial charge in [0.05, 0.1) is 0 Å². The van der Waals surface area contributed by atoms with Crippen molar-refractivity contribution in [2.24, 2.45) is 11.8 Å². The zero-order valence-electron chi connectivity index (χ0n) is 11.5. The Morgan fingerprint density at radius 3 is 2.00 bits per heavy atom. The zero-order chi connectivity index (χ0) is 13.2. The molecule has 1 heterocycles. The highest BCUT2D eigenvalue weighted by atomic mass is 16.2. The van der Waals surface area contributed by atoms with E-state index in [9.17, 15) is 9.59 Å². The molecule has 4 nitrogen and oxygen atoms in total. The van der Waals surface area contributed by atoms with Crippen LogP contribution in [0.1, 0.15) is 41.0 Å². The Hall–Kier alpha value is -1.06. The molecule has 0 spiro atoms. The normalized spacial score (nSPS) is 25.6. The molecule has 2 amide bonds. The number of nitrogens with one attached hydrogen (secondary N) is 1. The molecule has 0 aromatic heterocycles. The molecule has 2 atom stereocenters. The number of nitrogens with zero attached hydrogens (tertiary/aromatic N) is 1. The predicted molar refractivity (Wildman–Crippen MR) is 67.4 cm³/mol. The molecule has 1 fully saturated rings. The highest BCUT2D eigenvalue weighted by Gasteiger charge is 2.30. The minimum absolute atomic E-state index is 0.361. The summed E-state index contributed by atoms with van der Waals surface area (Å²) in [6.45, 7) is 11.3. The first-order valence-corrected chi connectivity index (χ1v) is 6.30. The summed E-state index contributed by atoms with van der Waals surface area (Å²) >= 11 is 0. The molecule has 0 aromatic rings.